The van der Waals surface area contributed by atoms with E-state index < -0.39 is 20.8 Å². The molecule has 0 saturated carbocycles. The zero-order valence-corrected chi connectivity index (χ0v) is 32.7. The van der Waals surface area contributed by atoms with Crippen molar-refractivity contribution < 1.29 is 20.8 Å². The van der Waals surface area contributed by atoms with Gasteiger partial charge in [0.25, 0.3) is 0 Å². The van der Waals surface area contributed by atoms with Crippen LogP contribution in [-0.2, 0) is 20.8 Å². The fourth-order valence-corrected chi connectivity index (χ4v) is 5.50. The Bertz CT molecular complexity index is 1480. The van der Waals surface area contributed by atoms with Crippen molar-refractivity contribution >= 4 is 48.1 Å². The first-order valence-electron chi connectivity index (χ1n) is 15.7. The normalized spacial score (nSPS) is 11.9. The van der Waals surface area contributed by atoms with E-state index in [1.807, 2.05) is 0 Å². The van der Waals surface area contributed by atoms with Crippen molar-refractivity contribution in [3.63, 3.8) is 0 Å². The summed E-state index contributed by atoms with van der Waals surface area (Å²) in [5, 5.41) is 5.59. The molecule has 2 atom stereocenters. The predicted octanol–water partition coefficient (Wildman–Crippen LogP) is 13.8. The summed E-state index contributed by atoms with van der Waals surface area (Å²) in [6, 6.07) is 31.6. The maximum atomic E-state index is 4.93. The molecule has 0 aliphatic rings. The molecule has 43 heavy (non-hydrogen) atoms. The second-order valence-corrected chi connectivity index (χ2v) is 16.6. The average Bonchev–Trinajstić information content (AvgIpc) is 3.61. The van der Waals surface area contributed by atoms with E-state index >= 15 is 0 Å². The molecule has 5 rings (SSSR count). The van der Waals surface area contributed by atoms with Gasteiger partial charge >= 0.3 is 37.9 Å². The molecule has 4 heteroatoms. The van der Waals surface area contributed by atoms with Crippen LogP contribution in [-0.4, -0.2) is 9.52 Å². The quantitative estimate of drug-likeness (QED) is 0.117. The number of aryl methyl sites for hydroxylation is 1. The first kappa shape index (κ1) is 37.7. The van der Waals surface area contributed by atoms with Crippen molar-refractivity contribution in [2.24, 2.45) is 0 Å². The second-order valence-electron chi connectivity index (χ2n) is 11.8. The predicted molar refractivity (Wildman–Crippen MR) is 195 cm³/mol. The van der Waals surface area contributed by atoms with Gasteiger partial charge in [0.2, 0.25) is 0 Å². The minimum absolute atomic E-state index is 0.589. The molecule has 0 bridgehead atoms. The summed E-state index contributed by atoms with van der Waals surface area (Å²) in [7, 11) is 11.0. The van der Waals surface area contributed by atoms with Crippen molar-refractivity contribution in [1.29, 1.82) is 0 Å². The number of hydrogen-bond donors (Lipinski definition) is 0. The van der Waals surface area contributed by atoms with E-state index in [-0.39, 0.29) is 0 Å². The van der Waals surface area contributed by atoms with Gasteiger partial charge in [-0.15, -0.1) is 69.1 Å². The monoisotopic (exact) mass is 706 g/mol. The van der Waals surface area contributed by atoms with Gasteiger partial charge in [0, 0.05) is 9.52 Å². The van der Waals surface area contributed by atoms with Crippen LogP contribution in [0.25, 0.3) is 32.7 Å². The fraction of sp³-hybridized carbons (Fsp3) is 0.385. The third-order valence-electron chi connectivity index (χ3n) is 8.02. The number of benzene rings is 3. The Labute approximate surface area is 283 Å². The molecule has 0 amide bonds. The molecular formula is C39H50Cl2SiZr. The molecule has 228 valence electrons. The van der Waals surface area contributed by atoms with Gasteiger partial charge in [0.05, 0.1) is 0 Å². The van der Waals surface area contributed by atoms with Gasteiger partial charge in [-0.2, -0.15) is 12.1 Å². The van der Waals surface area contributed by atoms with E-state index in [1.165, 1.54) is 74.2 Å². The standard InChI is InChI=1S/C19H19.C18H25.C2H6Si.2ClH.Zr/c1-13(2)15-7-9-16(10-8-15)18-6-4-5-17-11-14(3)12-19(17)18;1-5-8-14(4)16-11-15-9-7-10-17(13(3)6-2)18(15)12-16;1-3-2;;;/h4-13H,1-3H3;7,9-14H,5-6,8H2,1-4H3;1-2H3;2*1H;/q2*-1;;;;+4/p-2. The van der Waals surface area contributed by atoms with Crippen molar-refractivity contribution in [3.8, 4) is 11.1 Å². The van der Waals surface area contributed by atoms with Crippen molar-refractivity contribution in [2.45, 2.75) is 98.6 Å². The SMILES string of the molecule is CCCC(C)c1cc2c(C(C)CC)cccc2[cH-]1.C[Si]C.Cc1cc2c(-c3ccc(C(C)C)cc3)cccc2[cH-]1.[Cl][Zr+2][Cl]. The van der Waals surface area contributed by atoms with E-state index in [0.29, 0.717) is 17.8 Å². The number of hydrogen-bond acceptors (Lipinski definition) is 0. The molecule has 2 unspecified atom stereocenters. The van der Waals surface area contributed by atoms with Gasteiger partial charge in [-0.3, -0.25) is 0 Å². The molecule has 0 spiro atoms. The van der Waals surface area contributed by atoms with Crippen LogP contribution in [0.5, 0.6) is 0 Å². The van der Waals surface area contributed by atoms with Crippen LogP contribution in [0.1, 0.15) is 101 Å². The number of halogens is 2. The maximum absolute atomic E-state index is 4.93. The van der Waals surface area contributed by atoms with Crippen molar-refractivity contribution in [1.82, 2.24) is 0 Å². The van der Waals surface area contributed by atoms with Gasteiger partial charge in [-0.05, 0) is 35.3 Å². The molecule has 0 aliphatic heterocycles. The molecule has 0 nitrogen and oxygen atoms in total. The zero-order valence-electron chi connectivity index (χ0n) is 27.7. The van der Waals surface area contributed by atoms with Gasteiger partial charge in [-0.25, -0.2) is 0 Å². The fourth-order valence-electron chi connectivity index (χ4n) is 5.50. The van der Waals surface area contributed by atoms with Crippen LogP contribution < -0.4 is 0 Å². The molecule has 5 aromatic carbocycles. The van der Waals surface area contributed by atoms with Crippen LogP contribution >= 0.6 is 17.0 Å². The summed E-state index contributed by atoms with van der Waals surface area (Å²) >= 11 is -0.826. The summed E-state index contributed by atoms with van der Waals surface area (Å²) in [6.45, 7) is 20.1. The minimum atomic E-state index is -0.826. The molecule has 0 aliphatic carbocycles. The van der Waals surface area contributed by atoms with Crippen LogP contribution in [0.4, 0.5) is 0 Å². The molecule has 2 radical (unpaired) electrons. The summed E-state index contributed by atoms with van der Waals surface area (Å²) in [5.74, 6) is 1.93. The summed E-state index contributed by atoms with van der Waals surface area (Å²) in [6.07, 6.45) is 3.76. The zero-order chi connectivity index (χ0) is 31.9. The third kappa shape index (κ3) is 11.1. The van der Waals surface area contributed by atoms with Gasteiger partial charge in [0.15, 0.2) is 0 Å². The molecule has 0 N–H and O–H groups in total. The molecular weight excluding hydrogens is 659 g/mol. The summed E-state index contributed by atoms with van der Waals surface area (Å²) in [5.41, 5.74) is 8.41. The molecule has 0 saturated heterocycles. The van der Waals surface area contributed by atoms with Crippen LogP contribution in [0.3, 0.4) is 0 Å². The van der Waals surface area contributed by atoms with E-state index in [9.17, 15) is 0 Å². The van der Waals surface area contributed by atoms with Gasteiger partial charge < -0.3 is 0 Å². The number of fused-ring (bicyclic) bond motifs is 2. The van der Waals surface area contributed by atoms with E-state index in [4.69, 9.17) is 17.0 Å². The Kier molecular flexibility index (Phi) is 17.4. The van der Waals surface area contributed by atoms with Crippen molar-refractivity contribution in [2.75, 3.05) is 0 Å². The average molecular weight is 709 g/mol. The first-order valence-corrected chi connectivity index (χ1v) is 24.0. The van der Waals surface area contributed by atoms with Gasteiger partial charge in [-0.1, -0.05) is 122 Å². The summed E-state index contributed by atoms with van der Waals surface area (Å²) < 4.78 is 0. The third-order valence-corrected chi connectivity index (χ3v) is 8.02. The number of rotatable bonds is 7. The van der Waals surface area contributed by atoms with Crippen molar-refractivity contribution in [3.05, 3.63) is 107 Å². The summed E-state index contributed by atoms with van der Waals surface area (Å²) in [4.78, 5) is 0. The van der Waals surface area contributed by atoms with Crippen LogP contribution in [0.15, 0.2) is 84.9 Å². The Morgan fingerprint density at radius 3 is 1.91 bits per heavy atom. The second kappa shape index (κ2) is 19.8. The first-order chi connectivity index (χ1) is 20.6. The van der Waals surface area contributed by atoms with E-state index in [1.54, 1.807) is 0 Å². The molecule has 0 fully saturated rings. The van der Waals surface area contributed by atoms with Gasteiger partial charge in [0.1, 0.15) is 0 Å². The Hall–Kier alpha value is -1.44. The topological polar surface area (TPSA) is 0 Å². The van der Waals surface area contributed by atoms with Crippen LogP contribution in [0.2, 0.25) is 13.1 Å². The Balaban J connectivity index is 0.000000254. The molecule has 0 heterocycles. The van der Waals surface area contributed by atoms with E-state index in [0.717, 1.165) is 9.52 Å². The van der Waals surface area contributed by atoms with E-state index in [2.05, 4.69) is 146 Å². The molecule has 0 aromatic heterocycles. The Morgan fingerprint density at radius 1 is 0.767 bits per heavy atom. The Morgan fingerprint density at radius 2 is 1.35 bits per heavy atom. The van der Waals surface area contributed by atoms with Crippen LogP contribution in [0, 0.1) is 6.92 Å². The molecule has 5 aromatic rings.